The Labute approximate surface area is 250 Å². The summed E-state index contributed by atoms with van der Waals surface area (Å²) in [7, 11) is 0. The lowest BCUT2D eigenvalue weighted by atomic mass is 10.1. The summed E-state index contributed by atoms with van der Waals surface area (Å²) < 4.78 is 7.69. The smallest absolute Gasteiger partial charge is 0.253 e. The van der Waals surface area contributed by atoms with E-state index in [1.165, 1.54) is 32.3 Å². The molecule has 0 spiro atoms. The Balaban J connectivity index is 1.41. The average molecular weight is 571 g/mol. The van der Waals surface area contributed by atoms with E-state index in [4.69, 9.17) is 9.40 Å². The number of hydrogen-bond acceptors (Lipinski definition) is 6. The lowest BCUT2D eigenvalue weighted by molar-refractivity contribution is 0.0741. The van der Waals surface area contributed by atoms with Gasteiger partial charge in [-0.05, 0) is 106 Å². The number of benzene rings is 2. The molecule has 2 aromatic carbocycles. The summed E-state index contributed by atoms with van der Waals surface area (Å²) in [6.45, 7) is 14.7. The van der Waals surface area contributed by atoms with Crippen molar-refractivity contribution in [3.63, 3.8) is 0 Å². The van der Waals surface area contributed by atoms with Crippen LogP contribution in [0.5, 0.6) is 0 Å². The van der Waals surface area contributed by atoms with Gasteiger partial charge < -0.3 is 24.1 Å². The molecule has 4 aromatic rings. The Morgan fingerprint density at radius 2 is 1.69 bits per heavy atom. The molecule has 0 bridgehead atoms. The van der Waals surface area contributed by atoms with Crippen LogP contribution in [0.2, 0.25) is 0 Å². The lowest BCUT2D eigenvalue weighted by Crippen LogP contribution is -2.34. The van der Waals surface area contributed by atoms with E-state index >= 15 is 0 Å². The van der Waals surface area contributed by atoms with Crippen LogP contribution in [-0.2, 0) is 6.54 Å². The second-order valence-corrected chi connectivity index (χ2v) is 12.4. The minimum absolute atomic E-state index is 0.112. The van der Waals surface area contributed by atoms with Crippen molar-refractivity contribution in [1.29, 1.82) is 0 Å². The molecule has 8 nitrogen and oxygen atoms in total. The molecule has 0 aliphatic carbocycles. The predicted molar refractivity (Wildman–Crippen MR) is 170 cm³/mol. The first kappa shape index (κ1) is 29.8. The fraction of sp³-hybridized carbons (Fsp3) is 0.500. The number of rotatable bonds is 14. The maximum atomic E-state index is 13.8. The van der Waals surface area contributed by atoms with Crippen LogP contribution in [0, 0.1) is 11.8 Å². The van der Waals surface area contributed by atoms with Gasteiger partial charge in [0.1, 0.15) is 0 Å². The zero-order chi connectivity index (χ0) is 29.5. The van der Waals surface area contributed by atoms with Crippen molar-refractivity contribution >= 4 is 28.6 Å². The number of carbonyl (C=O) groups excluding carboxylic acids is 1. The average Bonchev–Trinajstić information content (AvgIpc) is 3.75. The van der Waals surface area contributed by atoms with E-state index in [2.05, 4.69) is 53.5 Å². The number of nitrogens with zero attached hydrogens (tertiary/aromatic N) is 5. The van der Waals surface area contributed by atoms with E-state index in [1.54, 1.807) is 6.20 Å². The SMILES string of the molecule is CC(C)CCN(CCC(C)C)C(=O)c1ccc2nc(Nc3ccc(-c4cnco4)cc3)n(CCCN3CCCC3)c2c1. The number of fused-ring (bicyclic) bond motifs is 1. The zero-order valence-corrected chi connectivity index (χ0v) is 25.7. The van der Waals surface area contributed by atoms with Gasteiger partial charge in [0.2, 0.25) is 5.95 Å². The van der Waals surface area contributed by atoms with Gasteiger partial charge in [0, 0.05) is 36.4 Å². The number of carbonyl (C=O) groups is 1. The van der Waals surface area contributed by atoms with Gasteiger partial charge in [-0.25, -0.2) is 9.97 Å². The van der Waals surface area contributed by atoms with Crippen molar-refractivity contribution in [2.75, 3.05) is 38.0 Å². The van der Waals surface area contributed by atoms with Gasteiger partial charge in [0.25, 0.3) is 5.91 Å². The van der Waals surface area contributed by atoms with Crippen LogP contribution in [0.1, 0.15) is 70.2 Å². The summed E-state index contributed by atoms with van der Waals surface area (Å²) in [5.74, 6) is 2.75. The first-order chi connectivity index (χ1) is 20.4. The first-order valence-corrected chi connectivity index (χ1v) is 15.6. The highest BCUT2D eigenvalue weighted by Crippen LogP contribution is 2.27. The van der Waals surface area contributed by atoms with E-state index in [-0.39, 0.29) is 5.91 Å². The zero-order valence-electron chi connectivity index (χ0n) is 25.7. The third kappa shape index (κ3) is 7.59. The van der Waals surface area contributed by atoms with Crippen molar-refractivity contribution in [2.24, 2.45) is 11.8 Å². The van der Waals surface area contributed by atoms with Crippen molar-refractivity contribution in [3.8, 4) is 11.3 Å². The molecule has 42 heavy (non-hydrogen) atoms. The monoisotopic (exact) mass is 570 g/mol. The summed E-state index contributed by atoms with van der Waals surface area (Å²) in [6, 6.07) is 14.1. The second-order valence-electron chi connectivity index (χ2n) is 12.4. The summed E-state index contributed by atoms with van der Waals surface area (Å²) in [6.07, 6.45) is 8.78. The summed E-state index contributed by atoms with van der Waals surface area (Å²) >= 11 is 0. The Morgan fingerprint density at radius 1 is 0.976 bits per heavy atom. The van der Waals surface area contributed by atoms with Crippen LogP contribution in [0.25, 0.3) is 22.4 Å². The minimum atomic E-state index is 0.112. The molecular weight excluding hydrogens is 524 g/mol. The number of aryl methyl sites for hydroxylation is 1. The molecule has 1 aliphatic heterocycles. The second kappa shape index (κ2) is 14.0. The molecule has 1 fully saturated rings. The molecule has 1 saturated heterocycles. The van der Waals surface area contributed by atoms with E-state index in [0.717, 1.165) is 85.0 Å². The standard InChI is InChI=1S/C34H46N6O2/c1-25(2)14-20-39(21-15-26(3)4)33(41)28-10-13-30-31(22-28)40(19-7-18-38-16-5-6-17-38)34(37-30)36-29-11-8-27(9-12-29)32-23-35-24-42-32/h8-13,22-26H,5-7,14-21H2,1-4H3,(H,36,37). The molecule has 1 aliphatic rings. The minimum Gasteiger partial charge on any atom is -0.444 e. The number of anilines is 2. The van der Waals surface area contributed by atoms with E-state index in [9.17, 15) is 4.79 Å². The topological polar surface area (TPSA) is 79.4 Å². The van der Waals surface area contributed by atoms with E-state index in [0.29, 0.717) is 11.8 Å². The van der Waals surface area contributed by atoms with Crippen LogP contribution in [0.4, 0.5) is 11.6 Å². The highest BCUT2D eigenvalue weighted by atomic mass is 16.3. The van der Waals surface area contributed by atoms with Gasteiger partial charge in [-0.3, -0.25) is 4.79 Å². The van der Waals surface area contributed by atoms with Gasteiger partial charge in [0.15, 0.2) is 12.2 Å². The van der Waals surface area contributed by atoms with E-state index in [1.807, 2.05) is 41.3 Å². The van der Waals surface area contributed by atoms with Crippen molar-refractivity contribution in [3.05, 3.63) is 60.6 Å². The Hall–Kier alpha value is -3.65. The molecule has 0 radical (unpaired) electrons. The van der Waals surface area contributed by atoms with Gasteiger partial charge >= 0.3 is 0 Å². The highest BCUT2D eigenvalue weighted by molar-refractivity contribution is 5.98. The number of oxazole rings is 1. The third-order valence-electron chi connectivity index (χ3n) is 8.15. The van der Waals surface area contributed by atoms with E-state index < -0.39 is 0 Å². The molecule has 5 rings (SSSR count). The fourth-order valence-electron chi connectivity index (χ4n) is 5.57. The molecule has 0 unspecified atom stereocenters. The maximum Gasteiger partial charge on any atom is 0.253 e. The summed E-state index contributed by atoms with van der Waals surface area (Å²) in [5.41, 5.74) is 4.54. The number of imidazole rings is 1. The molecule has 224 valence electrons. The van der Waals surface area contributed by atoms with Crippen molar-refractivity contribution < 1.29 is 9.21 Å². The summed E-state index contributed by atoms with van der Waals surface area (Å²) in [4.78, 5) is 27.4. The molecule has 1 amide bonds. The molecule has 8 heteroatoms. The number of hydrogen-bond donors (Lipinski definition) is 1. The van der Waals surface area contributed by atoms with Gasteiger partial charge in [-0.15, -0.1) is 0 Å². The van der Waals surface area contributed by atoms with Crippen LogP contribution in [-0.4, -0.2) is 63.0 Å². The Morgan fingerprint density at radius 3 is 2.33 bits per heavy atom. The Kier molecular flexibility index (Phi) is 9.95. The lowest BCUT2D eigenvalue weighted by Gasteiger charge is -2.25. The van der Waals surface area contributed by atoms with Crippen LogP contribution in [0.3, 0.4) is 0 Å². The van der Waals surface area contributed by atoms with Crippen molar-refractivity contribution in [1.82, 2.24) is 24.3 Å². The normalized spacial score (nSPS) is 14.0. The largest absolute Gasteiger partial charge is 0.444 e. The Bertz CT molecular complexity index is 1410. The molecule has 1 N–H and O–H groups in total. The van der Waals surface area contributed by atoms with Crippen LogP contribution >= 0.6 is 0 Å². The molecular formula is C34H46N6O2. The molecule has 3 heterocycles. The van der Waals surface area contributed by atoms with Gasteiger partial charge in [0.05, 0.1) is 17.2 Å². The third-order valence-corrected chi connectivity index (χ3v) is 8.15. The van der Waals surface area contributed by atoms with Gasteiger partial charge in [-0.1, -0.05) is 27.7 Å². The van der Waals surface area contributed by atoms with Gasteiger partial charge in [-0.2, -0.15) is 0 Å². The predicted octanol–water partition coefficient (Wildman–Crippen LogP) is 7.46. The first-order valence-electron chi connectivity index (χ1n) is 15.6. The molecule has 0 saturated carbocycles. The van der Waals surface area contributed by atoms with Crippen molar-refractivity contribution in [2.45, 2.75) is 66.3 Å². The molecule has 0 atom stereocenters. The number of aromatic nitrogens is 3. The fourth-order valence-corrected chi connectivity index (χ4v) is 5.57. The molecule has 2 aromatic heterocycles. The quantitative estimate of drug-likeness (QED) is 0.170. The summed E-state index contributed by atoms with van der Waals surface area (Å²) in [5, 5.41) is 3.55. The van der Waals surface area contributed by atoms with Crippen LogP contribution in [0.15, 0.2) is 59.5 Å². The van der Waals surface area contributed by atoms with Crippen LogP contribution < -0.4 is 5.32 Å². The highest BCUT2D eigenvalue weighted by Gasteiger charge is 2.20. The number of amides is 1. The maximum absolute atomic E-state index is 13.8. The number of likely N-dealkylation sites (tertiary alicyclic amines) is 1. The number of nitrogens with one attached hydrogen (secondary N) is 1.